The molecule has 0 radical (unpaired) electrons. The van der Waals surface area contributed by atoms with Gasteiger partial charge in [0.05, 0.1) is 16.3 Å². The number of nitrogen functional groups attached to an aromatic ring is 1. The molecular formula is C18H18ClN3O4. The third kappa shape index (κ3) is 4.97. The molecule has 0 saturated heterocycles. The van der Waals surface area contributed by atoms with Crippen molar-refractivity contribution in [2.75, 3.05) is 17.7 Å². The largest absolute Gasteiger partial charge is 0.452 e. The van der Waals surface area contributed by atoms with Crippen LogP contribution in [-0.4, -0.2) is 24.5 Å². The topological polar surface area (TPSA) is 111 Å². The van der Waals surface area contributed by atoms with Gasteiger partial charge in [0.2, 0.25) is 0 Å². The van der Waals surface area contributed by atoms with Crippen LogP contribution in [-0.2, 0) is 9.53 Å². The predicted molar refractivity (Wildman–Crippen MR) is 99.2 cm³/mol. The Hall–Kier alpha value is -3.06. The number of hydrogen-bond donors (Lipinski definition) is 3. The molecule has 0 heterocycles. The van der Waals surface area contributed by atoms with Gasteiger partial charge in [0.15, 0.2) is 6.61 Å². The minimum absolute atomic E-state index is 0.0462. The van der Waals surface area contributed by atoms with Crippen molar-refractivity contribution in [1.29, 1.82) is 0 Å². The number of esters is 1. The summed E-state index contributed by atoms with van der Waals surface area (Å²) in [5.41, 5.74) is 8.42. The lowest BCUT2D eigenvalue weighted by atomic mass is 10.1. The van der Waals surface area contributed by atoms with Gasteiger partial charge in [-0.25, -0.2) is 9.59 Å². The highest BCUT2D eigenvalue weighted by Gasteiger charge is 2.16. The minimum atomic E-state index is -0.810. The molecule has 2 aromatic rings. The zero-order valence-electron chi connectivity index (χ0n) is 14.3. The van der Waals surface area contributed by atoms with E-state index >= 15 is 0 Å². The Morgan fingerprint density at radius 3 is 2.54 bits per heavy atom. The number of imide groups is 1. The lowest BCUT2D eigenvalue weighted by molar-refractivity contribution is -0.123. The van der Waals surface area contributed by atoms with E-state index in [1.807, 2.05) is 19.9 Å². The third-order valence-corrected chi connectivity index (χ3v) is 3.95. The molecule has 136 valence electrons. The molecule has 0 aliphatic carbocycles. The molecule has 0 spiro atoms. The number of halogens is 1. The van der Waals surface area contributed by atoms with E-state index in [2.05, 4.69) is 10.6 Å². The maximum atomic E-state index is 11.9. The number of aryl methyl sites for hydroxylation is 2. The fourth-order valence-corrected chi connectivity index (χ4v) is 2.24. The highest BCUT2D eigenvalue weighted by Crippen LogP contribution is 2.22. The van der Waals surface area contributed by atoms with Crippen molar-refractivity contribution < 1.29 is 19.1 Å². The van der Waals surface area contributed by atoms with E-state index in [0.717, 1.165) is 11.1 Å². The molecule has 8 heteroatoms. The van der Waals surface area contributed by atoms with Crippen LogP contribution in [0.4, 0.5) is 16.2 Å². The number of amides is 3. The maximum absolute atomic E-state index is 11.9. The fourth-order valence-electron chi connectivity index (χ4n) is 2.07. The Labute approximate surface area is 155 Å². The predicted octanol–water partition coefficient (Wildman–Crippen LogP) is 3.04. The highest BCUT2D eigenvalue weighted by atomic mass is 35.5. The minimum Gasteiger partial charge on any atom is -0.452 e. The molecule has 7 nitrogen and oxygen atoms in total. The summed E-state index contributed by atoms with van der Waals surface area (Å²) in [7, 11) is 0. The second-order valence-electron chi connectivity index (χ2n) is 5.58. The first-order valence-electron chi connectivity index (χ1n) is 7.67. The molecule has 0 atom stereocenters. The van der Waals surface area contributed by atoms with Gasteiger partial charge in [0.25, 0.3) is 5.91 Å². The van der Waals surface area contributed by atoms with Gasteiger partial charge in [-0.2, -0.15) is 0 Å². The second-order valence-corrected chi connectivity index (χ2v) is 5.99. The average Bonchev–Trinajstić information content (AvgIpc) is 2.58. The van der Waals surface area contributed by atoms with Gasteiger partial charge in [-0.1, -0.05) is 23.7 Å². The summed E-state index contributed by atoms with van der Waals surface area (Å²) in [6, 6.07) is 9.11. The Morgan fingerprint density at radius 2 is 1.85 bits per heavy atom. The van der Waals surface area contributed by atoms with Gasteiger partial charge >= 0.3 is 12.0 Å². The molecule has 0 unspecified atom stereocenters. The van der Waals surface area contributed by atoms with Crippen LogP contribution in [0.25, 0.3) is 0 Å². The van der Waals surface area contributed by atoms with Crippen LogP contribution in [0.15, 0.2) is 36.4 Å². The Balaban J connectivity index is 1.86. The van der Waals surface area contributed by atoms with E-state index in [0.29, 0.717) is 5.69 Å². The Bertz CT molecular complexity index is 868. The highest BCUT2D eigenvalue weighted by molar-refractivity contribution is 6.33. The lowest BCUT2D eigenvalue weighted by Crippen LogP contribution is -2.37. The van der Waals surface area contributed by atoms with Gasteiger partial charge in [-0.15, -0.1) is 0 Å². The van der Waals surface area contributed by atoms with Crippen molar-refractivity contribution >= 4 is 40.9 Å². The molecule has 0 saturated carbocycles. The molecule has 4 N–H and O–H groups in total. The van der Waals surface area contributed by atoms with Crippen molar-refractivity contribution in [2.45, 2.75) is 13.8 Å². The first-order valence-corrected chi connectivity index (χ1v) is 8.05. The van der Waals surface area contributed by atoms with Crippen molar-refractivity contribution in [3.05, 3.63) is 58.1 Å². The Kier molecular flexibility index (Phi) is 6.19. The zero-order valence-corrected chi connectivity index (χ0v) is 15.0. The van der Waals surface area contributed by atoms with Crippen LogP contribution in [0.2, 0.25) is 5.02 Å². The van der Waals surface area contributed by atoms with Crippen LogP contribution in [0.5, 0.6) is 0 Å². The summed E-state index contributed by atoms with van der Waals surface area (Å²) >= 11 is 5.82. The van der Waals surface area contributed by atoms with Crippen LogP contribution in [0.3, 0.4) is 0 Å². The maximum Gasteiger partial charge on any atom is 0.340 e. The quantitative estimate of drug-likeness (QED) is 0.562. The van der Waals surface area contributed by atoms with Gasteiger partial charge in [-0.3, -0.25) is 10.1 Å². The zero-order chi connectivity index (χ0) is 19.3. The number of hydrogen-bond acceptors (Lipinski definition) is 5. The van der Waals surface area contributed by atoms with Crippen molar-refractivity contribution in [2.24, 2.45) is 0 Å². The monoisotopic (exact) mass is 375 g/mol. The number of rotatable bonds is 4. The number of ether oxygens (including phenoxy) is 1. The summed E-state index contributed by atoms with van der Waals surface area (Å²) in [6.45, 7) is 3.22. The van der Waals surface area contributed by atoms with Crippen molar-refractivity contribution in [1.82, 2.24) is 5.32 Å². The second kappa shape index (κ2) is 8.35. The summed E-state index contributed by atoms with van der Waals surface area (Å²) in [5.74, 6) is -1.59. The lowest BCUT2D eigenvalue weighted by Gasteiger charge is -2.10. The van der Waals surface area contributed by atoms with E-state index in [1.54, 1.807) is 12.1 Å². The molecular weight excluding hydrogens is 358 g/mol. The standard InChI is InChI=1S/C18H18ClN3O4/c1-10-6-7-12(8-11(10)2)21-18(25)22-15(23)9-26-17(24)13-4-3-5-14(19)16(13)20/h3-8H,9,20H2,1-2H3,(H2,21,22,23,25). The number of carbonyl (C=O) groups excluding carboxylic acids is 3. The van der Waals surface area contributed by atoms with Gasteiger partial charge in [-0.05, 0) is 49.2 Å². The average molecular weight is 376 g/mol. The van der Waals surface area contributed by atoms with E-state index in [-0.39, 0.29) is 16.3 Å². The van der Waals surface area contributed by atoms with Crippen LogP contribution in [0, 0.1) is 13.8 Å². The van der Waals surface area contributed by atoms with E-state index in [9.17, 15) is 14.4 Å². The van der Waals surface area contributed by atoms with Gasteiger partial charge in [0.1, 0.15) is 0 Å². The Morgan fingerprint density at radius 1 is 1.12 bits per heavy atom. The SMILES string of the molecule is Cc1ccc(NC(=O)NC(=O)COC(=O)c2cccc(Cl)c2N)cc1C. The molecule has 0 bridgehead atoms. The van der Waals surface area contributed by atoms with Gasteiger partial charge < -0.3 is 15.8 Å². The summed E-state index contributed by atoms with van der Waals surface area (Å²) in [5, 5.41) is 4.81. The van der Waals surface area contributed by atoms with Crippen LogP contribution >= 0.6 is 11.6 Å². The number of para-hydroxylation sites is 1. The summed E-state index contributed by atoms with van der Waals surface area (Å²) < 4.78 is 4.84. The molecule has 2 aromatic carbocycles. The first-order chi connectivity index (χ1) is 12.3. The summed E-state index contributed by atoms with van der Waals surface area (Å²) in [6.07, 6.45) is 0. The van der Waals surface area contributed by atoms with E-state index in [4.69, 9.17) is 22.1 Å². The van der Waals surface area contributed by atoms with Crippen molar-refractivity contribution in [3.8, 4) is 0 Å². The molecule has 0 fully saturated rings. The number of nitrogens with two attached hydrogens (primary N) is 1. The number of nitrogens with one attached hydrogen (secondary N) is 2. The molecule has 3 amide bonds. The molecule has 0 aliphatic heterocycles. The normalized spacial score (nSPS) is 10.1. The van der Waals surface area contributed by atoms with Crippen LogP contribution in [0.1, 0.15) is 21.5 Å². The van der Waals surface area contributed by atoms with E-state index in [1.165, 1.54) is 18.2 Å². The van der Waals surface area contributed by atoms with Gasteiger partial charge in [0, 0.05) is 5.69 Å². The van der Waals surface area contributed by atoms with E-state index < -0.39 is 24.5 Å². The fraction of sp³-hybridized carbons (Fsp3) is 0.167. The molecule has 26 heavy (non-hydrogen) atoms. The van der Waals surface area contributed by atoms with Crippen LogP contribution < -0.4 is 16.4 Å². The third-order valence-electron chi connectivity index (χ3n) is 3.62. The number of carbonyl (C=O) groups is 3. The number of anilines is 2. The smallest absolute Gasteiger partial charge is 0.340 e. The first kappa shape index (κ1) is 19.3. The number of benzene rings is 2. The molecule has 0 aromatic heterocycles. The molecule has 2 rings (SSSR count). The molecule has 0 aliphatic rings. The van der Waals surface area contributed by atoms with Crippen molar-refractivity contribution in [3.63, 3.8) is 0 Å². The number of urea groups is 1. The summed E-state index contributed by atoms with van der Waals surface area (Å²) in [4.78, 5) is 35.5.